The smallest absolute Gasteiger partial charge is 0.356 e. The Morgan fingerprint density at radius 1 is 1.60 bits per heavy atom. The normalized spacial score (nSPS) is 10.5. The number of hydrogen-bond donors (Lipinski definition) is 3. The highest BCUT2D eigenvalue weighted by atomic mass is 16.5. The maximum atomic E-state index is 10.8. The van der Waals surface area contributed by atoms with E-state index in [1.54, 1.807) is 19.2 Å². The first kappa shape index (κ1) is 9.32. The number of carbonyl (C=O) groups is 1. The average Bonchev–Trinajstić information content (AvgIpc) is 2.72. The first-order chi connectivity index (χ1) is 7.11. The minimum absolute atomic E-state index is 0.151. The van der Waals surface area contributed by atoms with E-state index in [1.807, 2.05) is 0 Å². The van der Waals surface area contributed by atoms with Crippen LogP contribution in [0.15, 0.2) is 18.5 Å². The summed E-state index contributed by atoms with van der Waals surface area (Å²) in [7, 11) is 0. The monoisotopic (exact) mass is 207 g/mol. The van der Waals surface area contributed by atoms with E-state index >= 15 is 0 Å². The highest BCUT2D eigenvalue weighted by molar-refractivity contribution is 5.88. The maximum Gasteiger partial charge on any atom is 0.356 e. The van der Waals surface area contributed by atoms with E-state index in [0.29, 0.717) is 21.8 Å². The molecule has 2 rings (SSSR count). The van der Waals surface area contributed by atoms with Gasteiger partial charge in [-0.1, -0.05) is 0 Å². The molecular weight excluding hydrogens is 198 g/mol. The van der Waals surface area contributed by atoms with Gasteiger partial charge in [0.05, 0.1) is 0 Å². The van der Waals surface area contributed by atoms with Crippen LogP contribution in [0.4, 0.5) is 0 Å². The third kappa shape index (κ3) is 1.35. The Morgan fingerprint density at radius 3 is 2.80 bits per heavy atom. The molecule has 0 radical (unpaired) electrons. The van der Waals surface area contributed by atoms with E-state index in [1.165, 1.54) is 6.20 Å². The van der Waals surface area contributed by atoms with Gasteiger partial charge in [0, 0.05) is 12.4 Å². The van der Waals surface area contributed by atoms with Gasteiger partial charge in [-0.15, -0.1) is 0 Å². The van der Waals surface area contributed by atoms with Crippen molar-refractivity contribution in [3.05, 3.63) is 29.7 Å². The lowest BCUT2D eigenvalue weighted by Gasteiger charge is -2.00. The van der Waals surface area contributed by atoms with Gasteiger partial charge in [-0.25, -0.2) is 9.78 Å². The number of rotatable bonds is 2. The summed E-state index contributed by atoms with van der Waals surface area (Å²) < 4.78 is 0.622. The standard InChI is InChI=1S/C9H9N3O3/c1-5-4-6(8-10-2-3-11-8)12(15)7(5)9(13)14/h2-4,15H,1H3,(H,10,11)(H,13,14). The fourth-order valence-corrected chi connectivity index (χ4v) is 1.46. The fraction of sp³-hybridized carbons (Fsp3) is 0.111. The van der Waals surface area contributed by atoms with Crippen molar-refractivity contribution in [2.75, 3.05) is 0 Å². The highest BCUT2D eigenvalue weighted by Gasteiger charge is 2.19. The molecule has 0 unspecified atom stereocenters. The molecule has 2 aromatic heterocycles. The molecule has 0 aliphatic carbocycles. The van der Waals surface area contributed by atoms with Gasteiger partial charge >= 0.3 is 5.97 Å². The summed E-state index contributed by atoms with van der Waals surface area (Å²) in [5.74, 6) is -0.749. The molecule has 2 aromatic rings. The van der Waals surface area contributed by atoms with Gasteiger partial charge in [0.1, 0.15) is 5.69 Å². The number of hydrogen-bond acceptors (Lipinski definition) is 3. The Kier molecular flexibility index (Phi) is 1.96. The summed E-state index contributed by atoms with van der Waals surface area (Å²) in [5.41, 5.74) is 0.660. The van der Waals surface area contributed by atoms with E-state index in [9.17, 15) is 10.0 Å². The van der Waals surface area contributed by atoms with Crippen LogP contribution in [0.1, 0.15) is 16.1 Å². The van der Waals surface area contributed by atoms with E-state index in [4.69, 9.17) is 5.11 Å². The molecule has 78 valence electrons. The lowest BCUT2D eigenvalue weighted by Crippen LogP contribution is -2.07. The first-order valence-electron chi connectivity index (χ1n) is 4.26. The molecule has 0 fully saturated rings. The molecule has 2 heterocycles. The van der Waals surface area contributed by atoms with Crippen LogP contribution in [0.5, 0.6) is 0 Å². The zero-order valence-electron chi connectivity index (χ0n) is 7.93. The van der Waals surface area contributed by atoms with Crippen LogP contribution in [-0.2, 0) is 0 Å². The third-order valence-corrected chi connectivity index (χ3v) is 2.11. The summed E-state index contributed by atoms with van der Waals surface area (Å²) >= 11 is 0. The molecule has 0 aromatic carbocycles. The molecule has 3 N–H and O–H groups in total. The van der Waals surface area contributed by atoms with E-state index < -0.39 is 5.97 Å². The molecule has 6 nitrogen and oxygen atoms in total. The number of imidazole rings is 1. The van der Waals surface area contributed by atoms with Gasteiger partial charge < -0.3 is 15.3 Å². The second-order valence-electron chi connectivity index (χ2n) is 3.12. The summed E-state index contributed by atoms with van der Waals surface area (Å²) in [6.45, 7) is 1.61. The van der Waals surface area contributed by atoms with Crippen molar-refractivity contribution in [3.8, 4) is 11.5 Å². The number of nitrogens with one attached hydrogen (secondary N) is 1. The molecule has 0 aliphatic heterocycles. The topological polar surface area (TPSA) is 91.1 Å². The summed E-state index contributed by atoms with van der Waals surface area (Å²) in [6, 6.07) is 1.56. The number of nitrogens with zero attached hydrogens (tertiary/aromatic N) is 2. The predicted molar refractivity (Wildman–Crippen MR) is 50.9 cm³/mol. The Hall–Kier alpha value is -2.24. The summed E-state index contributed by atoms with van der Waals surface area (Å²) in [6.07, 6.45) is 3.12. The second-order valence-corrected chi connectivity index (χ2v) is 3.12. The van der Waals surface area contributed by atoms with Crippen LogP contribution in [0, 0.1) is 6.92 Å². The van der Waals surface area contributed by atoms with Gasteiger partial charge in [-0.2, -0.15) is 4.73 Å². The Bertz CT molecular complexity index is 499. The van der Waals surface area contributed by atoms with E-state index in [2.05, 4.69) is 9.97 Å². The number of aromatic amines is 1. The Morgan fingerprint density at radius 2 is 2.33 bits per heavy atom. The lowest BCUT2D eigenvalue weighted by molar-refractivity contribution is 0.0645. The first-order valence-corrected chi connectivity index (χ1v) is 4.26. The number of aromatic nitrogens is 3. The molecule has 0 atom stereocenters. The molecule has 0 saturated carbocycles. The predicted octanol–water partition coefficient (Wildman–Crippen LogP) is 1.12. The minimum atomic E-state index is -1.17. The average molecular weight is 207 g/mol. The molecule has 0 spiro atoms. The maximum absolute atomic E-state index is 10.8. The Labute approximate surface area is 84.8 Å². The van der Waals surface area contributed by atoms with Crippen molar-refractivity contribution in [1.29, 1.82) is 0 Å². The minimum Gasteiger partial charge on any atom is -0.476 e. The zero-order chi connectivity index (χ0) is 11.0. The van der Waals surface area contributed by atoms with Gasteiger partial charge in [0.15, 0.2) is 11.5 Å². The van der Waals surface area contributed by atoms with Crippen LogP contribution >= 0.6 is 0 Å². The van der Waals surface area contributed by atoms with Crippen molar-refractivity contribution < 1.29 is 15.1 Å². The number of aromatic carboxylic acids is 1. The number of aryl methyl sites for hydroxylation is 1. The molecule has 0 bridgehead atoms. The van der Waals surface area contributed by atoms with Gasteiger partial charge in [-0.3, -0.25) is 0 Å². The second kappa shape index (κ2) is 3.16. The zero-order valence-corrected chi connectivity index (χ0v) is 7.93. The summed E-state index contributed by atoms with van der Waals surface area (Å²) in [4.78, 5) is 17.5. The van der Waals surface area contributed by atoms with Gasteiger partial charge in [0.2, 0.25) is 0 Å². The molecule has 0 amide bonds. The van der Waals surface area contributed by atoms with Crippen molar-refractivity contribution in [1.82, 2.24) is 14.7 Å². The largest absolute Gasteiger partial charge is 0.476 e. The third-order valence-electron chi connectivity index (χ3n) is 2.11. The molecule has 6 heteroatoms. The number of carboxylic acid groups (broad SMARTS) is 1. The highest BCUT2D eigenvalue weighted by Crippen LogP contribution is 2.21. The van der Waals surface area contributed by atoms with Crippen LogP contribution in [0.25, 0.3) is 11.5 Å². The van der Waals surface area contributed by atoms with Crippen LogP contribution in [-0.4, -0.2) is 31.0 Å². The molecular formula is C9H9N3O3. The quantitative estimate of drug-likeness (QED) is 0.643. The fourth-order valence-electron chi connectivity index (χ4n) is 1.46. The van der Waals surface area contributed by atoms with Crippen LogP contribution in [0.3, 0.4) is 0 Å². The van der Waals surface area contributed by atoms with Gasteiger partial charge in [0.25, 0.3) is 0 Å². The van der Waals surface area contributed by atoms with Gasteiger partial charge in [-0.05, 0) is 18.6 Å². The number of carboxylic acids is 1. The van der Waals surface area contributed by atoms with Crippen molar-refractivity contribution in [2.24, 2.45) is 0 Å². The summed E-state index contributed by atoms with van der Waals surface area (Å²) in [5, 5.41) is 18.5. The van der Waals surface area contributed by atoms with Crippen LogP contribution < -0.4 is 0 Å². The van der Waals surface area contributed by atoms with Crippen LogP contribution in [0.2, 0.25) is 0 Å². The molecule has 0 aliphatic rings. The van der Waals surface area contributed by atoms with Crippen molar-refractivity contribution in [3.63, 3.8) is 0 Å². The Balaban J connectivity index is 2.61. The lowest BCUT2D eigenvalue weighted by atomic mass is 10.2. The van der Waals surface area contributed by atoms with Crippen molar-refractivity contribution >= 4 is 5.97 Å². The van der Waals surface area contributed by atoms with E-state index in [-0.39, 0.29) is 5.69 Å². The SMILES string of the molecule is Cc1cc(-c2ncc[nH]2)n(O)c1C(=O)O. The molecule has 0 saturated heterocycles. The van der Waals surface area contributed by atoms with E-state index in [0.717, 1.165) is 0 Å². The molecule has 15 heavy (non-hydrogen) atoms. The number of H-pyrrole nitrogens is 1. The van der Waals surface area contributed by atoms with Crippen molar-refractivity contribution in [2.45, 2.75) is 6.92 Å².